The molecule has 1 aromatic heterocycles. The SMILES string of the molecule is O=C(Nc1nc2c(s1)CCCC2)c1c(O)cccc1F. The van der Waals surface area contributed by atoms with Crippen LogP contribution in [0.4, 0.5) is 9.52 Å². The zero-order valence-corrected chi connectivity index (χ0v) is 11.5. The molecule has 0 aliphatic heterocycles. The molecule has 2 aromatic rings. The summed E-state index contributed by atoms with van der Waals surface area (Å²) in [7, 11) is 0. The van der Waals surface area contributed by atoms with Gasteiger partial charge in [-0.2, -0.15) is 0 Å². The molecule has 104 valence electrons. The molecule has 2 N–H and O–H groups in total. The molecular formula is C14H13FN2O2S. The minimum Gasteiger partial charge on any atom is -0.507 e. The molecule has 0 fully saturated rings. The number of phenols is 1. The third-order valence-electron chi connectivity index (χ3n) is 3.28. The van der Waals surface area contributed by atoms with Gasteiger partial charge in [0.05, 0.1) is 5.69 Å². The van der Waals surface area contributed by atoms with Crippen LogP contribution < -0.4 is 5.32 Å². The number of rotatable bonds is 2. The van der Waals surface area contributed by atoms with E-state index in [1.54, 1.807) is 0 Å². The van der Waals surface area contributed by atoms with Gasteiger partial charge in [-0.15, -0.1) is 11.3 Å². The van der Waals surface area contributed by atoms with Crippen LogP contribution in [0.15, 0.2) is 18.2 Å². The van der Waals surface area contributed by atoms with Crippen LogP contribution >= 0.6 is 11.3 Å². The average Bonchev–Trinajstić information content (AvgIpc) is 2.80. The van der Waals surface area contributed by atoms with E-state index < -0.39 is 11.7 Å². The van der Waals surface area contributed by atoms with Crippen molar-refractivity contribution in [2.45, 2.75) is 25.7 Å². The Morgan fingerprint density at radius 1 is 1.35 bits per heavy atom. The first-order chi connectivity index (χ1) is 9.65. The number of anilines is 1. The lowest BCUT2D eigenvalue weighted by Crippen LogP contribution is -2.13. The van der Waals surface area contributed by atoms with E-state index in [0.717, 1.165) is 37.4 Å². The molecule has 20 heavy (non-hydrogen) atoms. The van der Waals surface area contributed by atoms with Crippen LogP contribution in [0, 0.1) is 5.82 Å². The van der Waals surface area contributed by atoms with Crippen molar-refractivity contribution in [3.8, 4) is 5.75 Å². The molecule has 1 heterocycles. The number of hydrogen-bond acceptors (Lipinski definition) is 4. The zero-order valence-electron chi connectivity index (χ0n) is 10.6. The van der Waals surface area contributed by atoms with Gasteiger partial charge in [-0.05, 0) is 37.8 Å². The van der Waals surface area contributed by atoms with Gasteiger partial charge in [0.15, 0.2) is 5.13 Å². The Kier molecular flexibility index (Phi) is 3.40. The quantitative estimate of drug-likeness (QED) is 0.894. The maximum atomic E-state index is 13.6. The number of aromatic nitrogens is 1. The highest BCUT2D eigenvalue weighted by Gasteiger charge is 2.20. The van der Waals surface area contributed by atoms with Crippen LogP contribution in [-0.2, 0) is 12.8 Å². The predicted molar refractivity (Wildman–Crippen MR) is 74.8 cm³/mol. The van der Waals surface area contributed by atoms with Gasteiger partial charge >= 0.3 is 0 Å². The van der Waals surface area contributed by atoms with Crippen molar-refractivity contribution in [2.75, 3.05) is 5.32 Å². The van der Waals surface area contributed by atoms with Crippen LogP contribution in [0.25, 0.3) is 0 Å². The van der Waals surface area contributed by atoms with E-state index in [2.05, 4.69) is 10.3 Å². The highest BCUT2D eigenvalue weighted by molar-refractivity contribution is 7.15. The first-order valence-electron chi connectivity index (χ1n) is 6.42. The van der Waals surface area contributed by atoms with Crippen molar-refractivity contribution in [1.29, 1.82) is 0 Å². The molecule has 0 radical (unpaired) electrons. The number of nitrogens with one attached hydrogen (secondary N) is 1. The lowest BCUT2D eigenvalue weighted by atomic mass is 10.0. The first-order valence-corrected chi connectivity index (χ1v) is 7.24. The average molecular weight is 292 g/mol. The Hall–Kier alpha value is -1.95. The molecule has 0 spiro atoms. The molecule has 6 heteroatoms. The summed E-state index contributed by atoms with van der Waals surface area (Å²) in [4.78, 5) is 17.6. The molecular weight excluding hydrogens is 279 g/mol. The number of carbonyl (C=O) groups is 1. The summed E-state index contributed by atoms with van der Waals surface area (Å²) in [6.45, 7) is 0. The second-order valence-corrected chi connectivity index (χ2v) is 5.77. The van der Waals surface area contributed by atoms with Crippen LogP contribution in [-0.4, -0.2) is 16.0 Å². The van der Waals surface area contributed by atoms with Crippen LogP contribution in [0.5, 0.6) is 5.75 Å². The molecule has 1 aliphatic rings. The van der Waals surface area contributed by atoms with E-state index in [-0.39, 0.29) is 11.3 Å². The molecule has 1 aromatic carbocycles. The second-order valence-electron chi connectivity index (χ2n) is 4.68. The highest BCUT2D eigenvalue weighted by atomic mass is 32.1. The second kappa shape index (κ2) is 5.20. The summed E-state index contributed by atoms with van der Waals surface area (Å²) in [5.41, 5.74) is 0.676. The Labute approximate surface area is 119 Å². The Bertz CT molecular complexity index is 625. The number of carbonyl (C=O) groups excluding carboxylic acids is 1. The zero-order chi connectivity index (χ0) is 14.1. The molecule has 1 aliphatic carbocycles. The number of thiazole rings is 1. The topological polar surface area (TPSA) is 62.2 Å². The monoisotopic (exact) mass is 292 g/mol. The molecule has 0 saturated carbocycles. The Morgan fingerprint density at radius 3 is 2.90 bits per heavy atom. The van der Waals surface area contributed by atoms with E-state index >= 15 is 0 Å². The third-order valence-corrected chi connectivity index (χ3v) is 4.36. The van der Waals surface area contributed by atoms with Crippen molar-refractivity contribution >= 4 is 22.4 Å². The summed E-state index contributed by atoms with van der Waals surface area (Å²) < 4.78 is 13.6. The molecule has 1 amide bonds. The van der Waals surface area contributed by atoms with Crippen molar-refractivity contribution in [3.05, 3.63) is 40.2 Å². The van der Waals surface area contributed by atoms with Crippen molar-refractivity contribution in [1.82, 2.24) is 4.98 Å². The smallest absolute Gasteiger partial charge is 0.264 e. The standard InChI is InChI=1S/C14H13FN2O2S/c15-8-4-3-6-10(18)12(8)13(19)17-14-16-9-5-1-2-7-11(9)20-14/h3-4,6,18H,1-2,5,7H2,(H,16,17,19). The number of fused-ring (bicyclic) bond motifs is 1. The summed E-state index contributed by atoms with van der Waals surface area (Å²) in [6, 6.07) is 3.77. The van der Waals surface area contributed by atoms with Gasteiger partial charge in [-0.1, -0.05) is 6.07 Å². The van der Waals surface area contributed by atoms with Crippen LogP contribution in [0.2, 0.25) is 0 Å². The number of aromatic hydroxyl groups is 1. The van der Waals surface area contributed by atoms with E-state index in [4.69, 9.17) is 0 Å². The fraction of sp³-hybridized carbons (Fsp3) is 0.286. The third kappa shape index (κ3) is 2.38. The van der Waals surface area contributed by atoms with Gasteiger partial charge in [0.2, 0.25) is 0 Å². The maximum Gasteiger partial charge on any atom is 0.264 e. The first kappa shape index (κ1) is 13.1. The van der Waals surface area contributed by atoms with E-state index in [1.165, 1.54) is 28.3 Å². The minimum atomic E-state index is -0.746. The summed E-state index contributed by atoms with van der Waals surface area (Å²) in [6.07, 6.45) is 4.15. The van der Waals surface area contributed by atoms with Gasteiger partial charge in [-0.25, -0.2) is 9.37 Å². The predicted octanol–water partition coefficient (Wildman–Crippen LogP) is 3.12. The van der Waals surface area contributed by atoms with Gasteiger partial charge in [-0.3, -0.25) is 10.1 Å². The van der Waals surface area contributed by atoms with E-state index in [1.807, 2.05) is 0 Å². The van der Waals surface area contributed by atoms with Gasteiger partial charge in [0, 0.05) is 4.88 Å². The molecule has 3 rings (SSSR count). The molecule has 0 bridgehead atoms. The largest absolute Gasteiger partial charge is 0.507 e. The van der Waals surface area contributed by atoms with Crippen molar-refractivity contribution in [2.24, 2.45) is 0 Å². The van der Waals surface area contributed by atoms with Crippen molar-refractivity contribution in [3.63, 3.8) is 0 Å². The summed E-state index contributed by atoms with van der Waals surface area (Å²) >= 11 is 1.42. The van der Waals surface area contributed by atoms with E-state index in [9.17, 15) is 14.3 Å². The van der Waals surface area contributed by atoms with E-state index in [0.29, 0.717) is 5.13 Å². The van der Waals surface area contributed by atoms with Gasteiger partial charge < -0.3 is 5.11 Å². The highest BCUT2D eigenvalue weighted by Crippen LogP contribution is 2.30. The maximum absolute atomic E-state index is 13.6. The normalized spacial score (nSPS) is 13.8. The fourth-order valence-corrected chi connectivity index (χ4v) is 3.35. The molecule has 0 unspecified atom stereocenters. The molecule has 0 saturated heterocycles. The number of hydrogen-bond donors (Lipinski definition) is 2. The lowest BCUT2D eigenvalue weighted by Gasteiger charge is -2.06. The number of benzene rings is 1. The van der Waals surface area contributed by atoms with Gasteiger partial charge in [0.25, 0.3) is 5.91 Å². The number of halogens is 1. The van der Waals surface area contributed by atoms with Gasteiger partial charge in [0.1, 0.15) is 17.1 Å². The minimum absolute atomic E-state index is 0.347. The van der Waals surface area contributed by atoms with Crippen LogP contribution in [0.3, 0.4) is 0 Å². The number of phenolic OH excluding ortho intramolecular Hbond substituents is 1. The Balaban J connectivity index is 1.84. The fourth-order valence-electron chi connectivity index (χ4n) is 2.30. The number of nitrogens with zero attached hydrogens (tertiary/aromatic N) is 1. The molecule has 4 nitrogen and oxygen atoms in total. The lowest BCUT2D eigenvalue weighted by molar-refractivity contribution is 0.102. The number of aryl methyl sites for hydroxylation is 2. The number of amides is 1. The summed E-state index contributed by atoms with van der Waals surface area (Å²) in [5, 5.41) is 12.6. The Morgan fingerprint density at radius 2 is 2.15 bits per heavy atom. The molecule has 0 atom stereocenters. The van der Waals surface area contributed by atoms with Crippen LogP contribution in [0.1, 0.15) is 33.8 Å². The summed E-state index contributed by atoms with van der Waals surface area (Å²) in [5.74, 6) is -1.79. The van der Waals surface area contributed by atoms with Crippen molar-refractivity contribution < 1.29 is 14.3 Å².